The number of nitrogens with zero attached hydrogens (tertiary/aromatic N) is 4. The number of benzene rings is 3. The lowest BCUT2D eigenvalue weighted by Crippen LogP contribution is -2.33. The third-order valence-corrected chi connectivity index (χ3v) is 8.46. The van der Waals surface area contributed by atoms with Crippen LogP contribution in [0.2, 0.25) is 0 Å². The summed E-state index contributed by atoms with van der Waals surface area (Å²) in [7, 11) is 0. The predicted molar refractivity (Wildman–Crippen MR) is 159 cm³/mol. The first-order valence-electron chi connectivity index (χ1n) is 14.7. The quantitative estimate of drug-likeness (QED) is 0.343. The zero-order valence-corrected chi connectivity index (χ0v) is 22.3. The van der Waals surface area contributed by atoms with Crippen molar-refractivity contribution in [3.63, 3.8) is 0 Å². The van der Waals surface area contributed by atoms with Crippen molar-refractivity contribution in [3.05, 3.63) is 72.8 Å². The Morgan fingerprint density at radius 2 is 0.622 bits per heavy atom. The van der Waals surface area contributed by atoms with Gasteiger partial charge >= 0.3 is 0 Å². The molecule has 3 saturated heterocycles. The molecule has 4 nitrogen and oxygen atoms in total. The highest BCUT2D eigenvalue weighted by Gasteiger charge is 2.27. The van der Waals surface area contributed by atoms with Crippen molar-refractivity contribution in [3.8, 4) is 0 Å². The van der Waals surface area contributed by atoms with Crippen LogP contribution in [-0.4, -0.2) is 39.3 Å². The van der Waals surface area contributed by atoms with E-state index in [1.54, 1.807) is 0 Å². The molecule has 3 aromatic carbocycles. The Balaban J connectivity index is 1.53. The minimum absolute atomic E-state index is 1.15. The summed E-state index contributed by atoms with van der Waals surface area (Å²) in [5.41, 5.74) is 8.01. The fourth-order valence-electron chi connectivity index (χ4n) is 6.56. The predicted octanol–water partition coefficient (Wildman–Crippen LogP) is 8.13. The lowest BCUT2D eigenvalue weighted by Gasteiger charge is -2.39. The molecule has 3 aliphatic heterocycles. The molecule has 0 unspecified atom stereocenters. The van der Waals surface area contributed by atoms with Crippen LogP contribution in [0.4, 0.5) is 34.1 Å². The standard InChI is InChI=1S/C33H42N4/c1-10-22-34(23-11-1)28-16-4-7-19-31(28)37(32-20-8-5-17-29(32)35-24-12-2-13-25-35)33-21-9-6-18-30(33)36-26-14-3-15-27-36/h4-9,16-21H,1-3,10-15,22-27H2. The van der Waals surface area contributed by atoms with Gasteiger partial charge in [-0.3, -0.25) is 0 Å². The highest BCUT2D eigenvalue weighted by atomic mass is 15.3. The maximum Gasteiger partial charge on any atom is 0.0697 e. The van der Waals surface area contributed by atoms with Crippen LogP contribution >= 0.6 is 0 Å². The van der Waals surface area contributed by atoms with Gasteiger partial charge < -0.3 is 19.6 Å². The summed E-state index contributed by atoms with van der Waals surface area (Å²) in [5, 5.41) is 0. The summed E-state index contributed by atoms with van der Waals surface area (Å²) >= 11 is 0. The first-order valence-corrected chi connectivity index (χ1v) is 14.7. The lowest BCUT2D eigenvalue weighted by atomic mass is 10.0. The molecule has 0 amide bonds. The molecule has 4 heteroatoms. The lowest BCUT2D eigenvalue weighted by molar-refractivity contribution is 0.576. The van der Waals surface area contributed by atoms with Gasteiger partial charge in [-0.05, 0) is 94.2 Å². The Morgan fingerprint density at radius 1 is 0.351 bits per heavy atom. The van der Waals surface area contributed by atoms with Gasteiger partial charge in [-0.25, -0.2) is 0 Å². The van der Waals surface area contributed by atoms with E-state index >= 15 is 0 Å². The molecule has 0 aromatic heterocycles. The minimum Gasteiger partial charge on any atom is -0.370 e. The van der Waals surface area contributed by atoms with Crippen molar-refractivity contribution in [2.75, 3.05) is 58.9 Å². The number of piperidine rings is 3. The van der Waals surface area contributed by atoms with Crippen molar-refractivity contribution >= 4 is 34.1 Å². The Bertz CT molecular complexity index is 1010. The third kappa shape index (κ3) is 5.16. The molecule has 0 saturated carbocycles. The smallest absolute Gasteiger partial charge is 0.0697 e. The molecule has 3 aromatic rings. The van der Waals surface area contributed by atoms with Crippen molar-refractivity contribution in [1.29, 1.82) is 0 Å². The Kier molecular flexibility index (Phi) is 7.52. The van der Waals surface area contributed by atoms with E-state index in [-0.39, 0.29) is 0 Å². The molecule has 0 N–H and O–H groups in total. The molecule has 3 aliphatic rings. The van der Waals surface area contributed by atoms with Gasteiger partial charge in [0.15, 0.2) is 0 Å². The van der Waals surface area contributed by atoms with Crippen molar-refractivity contribution in [2.45, 2.75) is 57.8 Å². The van der Waals surface area contributed by atoms with Gasteiger partial charge in [0.05, 0.1) is 34.1 Å². The van der Waals surface area contributed by atoms with Gasteiger partial charge in [0.2, 0.25) is 0 Å². The molecular formula is C33H42N4. The molecular weight excluding hydrogens is 452 g/mol. The highest BCUT2D eigenvalue weighted by Crippen LogP contribution is 2.48. The Hall–Kier alpha value is -3.14. The summed E-state index contributed by atoms with van der Waals surface area (Å²) in [6.07, 6.45) is 11.7. The molecule has 0 spiro atoms. The van der Waals surface area contributed by atoms with Crippen LogP contribution in [0.15, 0.2) is 72.8 Å². The SMILES string of the molecule is c1ccc(N(c2ccccc2N2CCCCC2)c2ccccc2N2CCCCC2)c(N2CCCCC2)c1. The molecule has 3 heterocycles. The topological polar surface area (TPSA) is 13.0 Å². The van der Waals surface area contributed by atoms with E-state index in [0.717, 1.165) is 39.3 Å². The highest BCUT2D eigenvalue weighted by molar-refractivity contribution is 5.94. The average molecular weight is 495 g/mol. The van der Waals surface area contributed by atoms with Gasteiger partial charge in [0, 0.05) is 39.3 Å². The maximum absolute atomic E-state index is 2.62. The van der Waals surface area contributed by atoms with Gasteiger partial charge in [-0.15, -0.1) is 0 Å². The van der Waals surface area contributed by atoms with Gasteiger partial charge in [0.1, 0.15) is 0 Å². The van der Waals surface area contributed by atoms with Crippen LogP contribution in [-0.2, 0) is 0 Å². The zero-order chi connectivity index (χ0) is 24.9. The number of anilines is 6. The van der Waals surface area contributed by atoms with E-state index in [9.17, 15) is 0 Å². The first kappa shape index (κ1) is 24.2. The molecule has 0 radical (unpaired) electrons. The van der Waals surface area contributed by atoms with Gasteiger partial charge in [-0.2, -0.15) is 0 Å². The molecule has 3 fully saturated rings. The van der Waals surface area contributed by atoms with Crippen molar-refractivity contribution in [2.24, 2.45) is 0 Å². The Morgan fingerprint density at radius 3 is 0.919 bits per heavy atom. The largest absolute Gasteiger partial charge is 0.370 e. The summed E-state index contributed by atoms with van der Waals surface area (Å²) < 4.78 is 0. The molecule has 37 heavy (non-hydrogen) atoms. The first-order chi connectivity index (χ1) is 18.4. The number of hydrogen-bond acceptors (Lipinski definition) is 4. The molecule has 0 aliphatic carbocycles. The van der Waals surface area contributed by atoms with Crippen molar-refractivity contribution in [1.82, 2.24) is 0 Å². The van der Waals surface area contributed by atoms with Gasteiger partial charge in [-0.1, -0.05) is 36.4 Å². The van der Waals surface area contributed by atoms with E-state index in [2.05, 4.69) is 92.4 Å². The maximum atomic E-state index is 2.62. The molecule has 194 valence electrons. The molecule has 0 bridgehead atoms. The van der Waals surface area contributed by atoms with Crippen molar-refractivity contribution < 1.29 is 0 Å². The van der Waals surface area contributed by atoms with E-state index in [0.29, 0.717) is 0 Å². The van der Waals surface area contributed by atoms with E-state index < -0.39 is 0 Å². The summed E-state index contributed by atoms with van der Waals surface area (Å²) in [6, 6.07) is 27.4. The fraction of sp³-hybridized carbons (Fsp3) is 0.455. The van der Waals surface area contributed by atoms with Crippen LogP contribution < -0.4 is 19.6 Å². The minimum atomic E-state index is 1.15. The van der Waals surface area contributed by atoms with Crippen LogP contribution in [0.3, 0.4) is 0 Å². The normalized spacial score (nSPS) is 18.6. The second-order valence-corrected chi connectivity index (χ2v) is 10.9. The van der Waals surface area contributed by atoms with Gasteiger partial charge in [0.25, 0.3) is 0 Å². The fourth-order valence-corrected chi connectivity index (χ4v) is 6.56. The van der Waals surface area contributed by atoms with Crippen LogP contribution in [0.25, 0.3) is 0 Å². The summed E-state index contributed by atoms with van der Waals surface area (Å²) in [5.74, 6) is 0. The zero-order valence-electron chi connectivity index (χ0n) is 22.3. The number of rotatable bonds is 6. The average Bonchev–Trinajstić information content (AvgIpc) is 2.99. The second kappa shape index (κ2) is 11.5. The second-order valence-electron chi connectivity index (χ2n) is 10.9. The van der Waals surface area contributed by atoms with Crippen LogP contribution in [0.1, 0.15) is 57.8 Å². The molecule has 0 atom stereocenters. The molecule has 6 rings (SSSR count). The van der Waals surface area contributed by atoms with E-state index in [4.69, 9.17) is 0 Å². The summed E-state index contributed by atoms with van der Waals surface area (Å²) in [6.45, 7) is 6.87. The van der Waals surface area contributed by atoms with E-state index in [1.807, 2.05) is 0 Å². The van der Waals surface area contributed by atoms with E-state index in [1.165, 1.54) is 91.9 Å². The number of hydrogen-bond donors (Lipinski definition) is 0. The summed E-state index contributed by atoms with van der Waals surface area (Å²) in [4.78, 5) is 10.5. The number of para-hydroxylation sites is 6. The Labute approximate surface area is 223 Å². The van der Waals surface area contributed by atoms with Crippen LogP contribution in [0, 0.1) is 0 Å². The third-order valence-electron chi connectivity index (χ3n) is 8.46. The van der Waals surface area contributed by atoms with Crippen LogP contribution in [0.5, 0.6) is 0 Å². The monoisotopic (exact) mass is 494 g/mol.